The van der Waals surface area contributed by atoms with Gasteiger partial charge in [-0.15, -0.1) is 16.3 Å². The van der Waals surface area contributed by atoms with Crippen LogP contribution in [0.25, 0.3) is 0 Å². The number of amides is 1. The van der Waals surface area contributed by atoms with E-state index < -0.39 is 0 Å². The van der Waals surface area contributed by atoms with Gasteiger partial charge in [0.15, 0.2) is 5.82 Å². The van der Waals surface area contributed by atoms with E-state index in [1.165, 1.54) is 25.6 Å². The molecule has 7 nitrogen and oxygen atoms in total. The monoisotopic (exact) mass is 294 g/mol. The second-order valence-corrected chi connectivity index (χ2v) is 4.81. The van der Waals surface area contributed by atoms with Crippen molar-refractivity contribution in [3.63, 3.8) is 0 Å². The Balaban J connectivity index is 2.05. The minimum absolute atomic E-state index is 0.146. The molecular weight excluding hydrogens is 280 g/mol. The van der Waals surface area contributed by atoms with Gasteiger partial charge >= 0.3 is 12.0 Å². The van der Waals surface area contributed by atoms with E-state index in [2.05, 4.69) is 20.3 Å². The Morgan fingerprint density at radius 2 is 1.90 bits per heavy atom. The van der Waals surface area contributed by atoms with Crippen molar-refractivity contribution < 1.29 is 14.3 Å². The van der Waals surface area contributed by atoms with Gasteiger partial charge in [0.25, 0.3) is 5.91 Å². The molecule has 0 spiro atoms. The van der Waals surface area contributed by atoms with E-state index in [4.69, 9.17) is 9.47 Å². The lowest BCUT2D eigenvalue weighted by Gasteiger charge is -2.06. The third-order valence-corrected chi connectivity index (χ3v) is 3.41. The highest BCUT2D eigenvalue weighted by molar-refractivity contribution is 7.12. The number of hydrogen-bond acceptors (Lipinski definition) is 7. The summed E-state index contributed by atoms with van der Waals surface area (Å²) in [7, 11) is 2.90. The van der Waals surface area contributed by atoms with E-state index in [0.717, 1.165) is 5.56 Å². The van der Waals surface area contributed by atoms with E-state index in [0.29, 0.717) is 10.7 Å². The molecular formula is C12H14N4O3S. The van der Waals surface area contributed by atoms with Gasteiger partial charge in [0, 0.05) is 0 Å². The average molecular weight is 294 g/mol. The number of rotatable bonds is 5. The van der Waals surface area contributed by atoms with Gasteiger partial charge in [-0.2, -0.15) is 9.97 Å². The molecule has 0 bridgehead atoms. The van der Waals surface area contributed by atoms with Gasteiger partial charge in [-0.1, -0.05) is 0 Å². The molecule has 0 aliphatic carbocycles. The highest BCUT2D eigenvalue weighted by atomic mass is 32.1. The average Bonchev–Trinajstić information content (AvgIpc) is 2.91. The molecule has 0 aromatic carbocycles. The number of carbonyl (C=O) groups excluding carboxylic acids is 1. The van der Waals surface area contributed by atoms with Crippen molar-refractivity contribution >= 4 is 17.2 Å². The Kier molecular flexibility index (Phi) is 4.46. The molecule has 0 saturated carbocycles. The maximum Gasteiger partial charge on any atom is 0.322 e. The maximum absolute atomic E-state index is 11.9. The molecule has 0 fully saturated rings. The molecule has 0 radical (unpaired) electrons. The van der Waals surface area contributed by atoms with Crippen LogP contribution in [0.4, 0.5) is 0 Å². The standard InChI is InChI=1S/C12H14N4O3S/c1-7-4-8(20-6-7)10(17)13-5-9-14-11(18-2)16-12(15-9)19-3/h4,6H,5H2,1-3H3,(H,13,17). The number of aromatic nitrogens is 3. The van der Waals surface area contributed by atoms with Crippen molar-refractivity contribution in [2.75, 3.05) is 14.2 Å². The first-order valence-corrected chi connectivity index (χ1v) is 6.66. The summed E-state index contributed by atoms with van der Waals surface area (Å²) in [5.74, 6) is 0.205. The number of nitrogens with zero attached hydrogens (tertiary/aromatic N) is 3. The van der Waals surface area contributed by atoms with Crippen molar-refractivity contribution in [2.24, 2.45) is 0 Å². The Morgan fingerprint density at radius 3 is 2.40 bits per heavy atom. The predicted octanol–water partition coefficient (Wildman–Crippen LogP) is 1.19. The largest absolute Gasteiger partial charge is 0.467 e. The number of ether oxygens (including phenoxy) is 2. The van der Waals surface area contributed by atoms with Gasteiger partial charge in [0.05, 0.1) is 25.6 Å². The van der Waals surface area contributed by atoms with Crippen LogP contribution in [0.15, 0.2) is 11.4 Å². The zero-order valence-electron chi connectivity index (χ0n) is 11.3. The van der Waals surface area contributed by atoms with Crippen LogP contribution < -0.4 is 14.8 Å². The molecule has 2 rings (SSSR count). The Labute approximate surface area is 120 Å². The van der Waals surface area contributed by atoms with Crippen molar-refractivity contribution in [3.05, 3.63) is 27.7 Å². The van der Waals surface area contributed by atoms with Crippen LogP contribution in [0.1, 0.15) is 21.1 Å². The molecule has 2 aromatic heterocycles. The summed E-state index contributed by atoms with van der Waals surface area (Å²) in [6.45, 7) is 2.11. The van der Waals surface area contributed by atoms with Crippen LogP contribution in [0.2, 0.25) is 0 Å². The maximum atomic E-state index is 11.9. The van der Waals surface area contributed by atoms with Gasteiger partial charge in [0.1, 0.15) is 0 Å². The number of thiophene rings is 1. The predicted molar refractivity (Wildman–Crippen MR) is 73.2 cm³/mol. The normalized spacial score (nSPS) is 10.2. The summed E-state index contributed by atoms with van der Waals surface area (Å²) < 4.78 is 9.88. The zero-order valence-corrected chi connectivity index (χ0v) is 12.2. The molecule has 1 amide bonds. The Bertz CT molecular complexity index is 592. The van der Waals surface area contributed by atoms with Gasteiger partial charge in [-0.3, -0.25) is 4.79 Å². The zero-order chi connectivity index (χ0) is 14.5. The number of carbonyl (C=O) groups is 1. The molecule has 2 aromatic rings. The molecule has 2 heterocycles. The molecule has 0 atom stereocenters. The third-order valence-electron chi connectivity index (χ3n) is 2.37. The van der Waals surface area contributed by atoms with Crippen LogP contribution in [0.3, 0.4) is 0 Å². The fourth-order valence-electron chi connectivity index (χ4n) is 1.44. The summed E-state index contributed by atoms with van der Waals surface area (Å²) in [4.78, 5) is 24.5. The Morgan fingerprint density at radius 1 is 1.25 bits per heavy atom. The minimum Gasteiger partial charge on any atom is -0.467 e. The van der Waals surface area contributed by atoms with Crippen LogP contribution in [0, 0.1) is 6.92 Å². The molecule has 20 heavy (non-hydrogen) atoms. The lowest BCUT2D eigenvalue weighted by Crippen LogP contribution is -2.23. The quantitative estimate of drug-likeness (QED) is 0.891. The first kappa shape index (κ1) is 14.2. The molecule has 1 N–H and O–H groups in total. The fourth-order valence-corrected chi connectivity index (χ4v) is 2.25. The third kappa shape index (κ3) is 3.41. The lowest BCUT2D eigenvalue weighted by atomic mass is 10.3. The summed E-state index contributed by atoms with van der Waals surface area (Å²) in [5, 5.41) is 4.66. The first-order chi connectivity index (χ1) is 9.62. The fraction of sp³-hybridized carbons (Fsp3) is 0.333. The van der Waals surface area contributed by atoms with Gasteiger partial charge < -0.3 is 14.8 Å². The van der Waals surface area contributed by atoms with E-state index in [9.17, 15) is 4.79 Å². The molecule has 106 valence electrons. The van der Waals surface area contributed by atoms with Crippen LogP contribution >= 0.6 is 11.3 Å². The van der Waals surface area contributed by atoms with Crippen molar-refractivity contribution in [1.29, 1.82) is 0 Å². The molecule has 0 aliphatic rings. The number of nitrogens with one attached hydrogen (secondary N) is 1. The van der Waals surface area contributed by atoms with Crippen molar-refractivity contribution in [3.8, 4) is 12.0 Å². The molecule has 0 aliphatic heterocycles. The van der Waals surface area contributed by atoms with Crippen molar-refractivity contribution in [1.82, 2.24) is 20.3 Å². The van der Waals surface area contributed by atoms with Crippen LogP contribution in [-0.2, 0) is 6.54 Å². The van der Waals surface area contributed by atoms with E-state index >= 15 is 0 Å². The second kappa shape index (κ2) is 6.29. The molecule has 8 heteroatoms. The van der Waals surface area contributed by atoms with Crippen LogP contribution in [-0.4, -0.2) is 35.1 Å². The minimum atomic E-state index is -0.165. The SMILES string of the molecule is COc1nc(CNC(=O)c2cc(C)cs2)nc(OC)n1. The second-order valence-electron chi connectivity index (χ2n) is 3.90. The van der Waals surface area contributed by atoms with Gasteiger partial charge in [0.2, 0.25) is 0 Å². The van der Waals surface area contributed by atoms with Gasteiger partial charge in [-0.05, 0) is 23.9 Å². The number of hydrogen-bond donors (Lipinski definition) is 1. The highest BCUT2D eigenvalue weighted by Gasteiger charge is 2.11. The van der Waals surface area contributed by atoms with E-state index in [1.54, 1.807) is 0 Å². The lowest BCUT2D eigenvalue weighted by molar-refractivity contribution is 0.0953. The van der Waals surface area contributed by atoms with E-state index in [-0.39, 0.29) is 24.5 Å². The summed E-state index contributed by atoms with van der Waals surface area (Å²) in [6, 6.07) is 2.12. The highest BCUT2D eigenvalue weighted by Crippen LogP contribution is 2.13. The van der Waals surface area contributed by atoms with Crippen molar-refractivity contribution in [2.45, 2.75) is 13.5 Å². The van der Waals surface area contributed by atoms with Crippen LogP contribution in [0.5, 0.6) is 12.0 Å². The Hall–Kier alpha value is -2.22. The summed E-state index contributed by atoms with van der Waals surface area (Å²) in [6.07, 6.45) is 0. The van der Waals surface area contributed by atoms with E-state index in [1.807, 2.05) is 18.4 Å². The molecule has 0 saturated heterocycles. The topological polar surface area (TPSA) is 86.2 Å². The number of aryl methyl sites for hydroxylation is 1. The van der Waals surface area contributed by atoms with Gasteiger partial charge in [-0.25, -0.2) is 0 Å². The summed E-state index contributed by atoms with van der Waals surface area (Å²) >= 11 is 1.39. The first-order valence-electron chi connectivity index (χ1n) is 5.78. The smallest absolute Gasteiger partial charge is 0.322 e. The molecule has 0 unspecified atom stereocenters. The number of methoxy groups -OCH3 is 2. The summed E-state index contributed by atoms with van der Waals surface area (Å²) in [5.41, 5.74) is 1.06.